The van der Waals surface area contributed by atoms with Gasteiger partial charge >= 0.3 is 5.97 Å². The zero-order chi connectivity index (χ0) is 20.0. The van der Waals surface area contributed by atoms with Gasteiger partial charge in [0.2, 0.25) is 5.79 Å². The third-order valence-electron chi connectivity index (χ3n) is 4.55. The lowest BCUT2D eigenvalue weighted by Crippen LogP contribution is -2.42. The number of aryl methyl sites for hydroxylation is 2. The Hall–Kier alpha value is -2.39. The van der Waals surface area contributed by atoms with E-state index in [0.717, 1.165) is 24.0 Å². The molecule has 27 heavy (non-hydrogen) atoms. The van der Waals surface area contributed by atoms with Crippen molar-refractivity contribution in [3.63, 3.8) is 0 Å². The van der Waals surface area contributed by atoms with Crippen LogP contribution in [0.3, 0.4) is 0 Å². The van der Waals surface area contributed by atoms with Gasteiger partial charge < -0.3 is 9.47 Å². The summed E-state index contributed by atoms with van der Waals surface area (Å²) in [5.74, 6) is -0.302. The Morgan fingerprint density at radius 3 is 2.74 bits per heavy atom. The second kappa shape index (κ2) is 9.01. The number of allylic oxidation sites excluding steroid dienone is 1. The van der Waals surface area contributed by atoms with Crippen LogP contribution in [0.2, 0.25) is 0 Å². The van der Waals surface area contributed by atoms with Crippen molar-refractivity contribution in [2.45, 2.75) is 65.6 Å². The molecule has 0 radical (unpaired) electrons. The maximum absolute atomic E-state index is 13.4. The van der Waals surface area contributed by atoms with Gasteiger partial charge in [0.15, 0.2) is 0 Å². The Labute approximate surface area is 160 Å². The maximum atomic E-state index is 13.4. The van der Waals surface area contributed by atoms with Crippen LogP contribution < -0.4 is 0 Å². The average molecular weight is 374 g/mol. The van der Waals surface area contributed by atoms with Crippen molar-refractivity contribution in [3.8, 4) is 0 Å². The highest BCUT2D eigenvalue weighted by atomic mass is 19.1. The van der Waals surface area contributed by atoms with Gasteiger partial charge in [-0.3, -0.25) is 4.79 Å². The number of halogens is 1. The van der Waals surface area contributed by atoms with E-state index in [-0.39, 0.29) is 5.82 Å². The van der Waals surface area contributed by atoms with Crippen molar-refractivity contribution in [2.75, 3.05) is 0 Å². The van der Waals surface area contributed by atoms with Gasteiger partial charge in [-0.1, -0.05) is 19.4 Å². The quantitative estimate of drug-likeness (QED) is 0.507. The zero-order valence-electron chi connectivity index (χ0n) is 16.4. The highest BCUT2D eigenvalue weighted by Crippen LogP contribution is 2.35. The fourth-order valence-electron chi connectivity index (χ4n) is 3.17. The van der Waals surface area contributed by atoms with Crippen molar-refractivity contribution < 1.29 is 23.5 Å². The largest absolute Gasteiger partial charge is 0.456 e. The van der Waals surface area contributed by atoms with Gasteiger partial charge in [-0.15, -0.1) is 0 Å². The molecule has 1 fully saturated rings. The standard InChI is InChI=1S/C22H27FO4/c1-5-6-10-19-20(21(25)27-22(3,4)26-19)17(14-24)9-7-8-16-13-18(23)12-11-15(16)2/h10-13,20H,5-9H2,1-4H3/b19-10-. The van der Waals surface area contributed by atoms with Crippen LogP contribution in [-0.4, -0.2) is 17.7 Å². The number of hydrogen-bond acceptors (Lipinski definition) is 4. The first-order chi connectivity index (χ1) is 12.8. The van der Waals surface area contributed by atoms with Crippen LogP contribution in [0.25, 0.3) is 0 Å². The summed E-state index contributed by atoms with van der Waals surface area (Å²) in [6, 6.07) is 4.67. The second-order valence-electron chi connectivity index (χ2n) is 7.30. The first-order valence-electron chi connectivity index (χ1n) is 9.38. The second-order valence-corrected chi connectivity index (χ2v) is 7.30. The van der Waals surface area contributed by atoms with E-state index in [9.17, 15) is 14.0 Å². The van der Waals surface area contributed by atoms with Gasteiger partial charge in [0.25, 0.3) is 0 Å². The molecule has 1 atom stereocenters. The summed E-state index contributed by atoms with van der Waals surface area (Å²) in [7, 11) is 0. The molecule has 1 aromatic carbocycles. The predicted octanol–water partition coefficient (Wildman–Crippen LogP) is 4.82. The maximum Gasteiger partial charge on any atom is 0.324 e. The van der Waals surface area contributed by atoms with Crippen LogP contribution in [0.1, 0.15) is 57.6 Å². The number of cyclic esters (lactones) is 1. The number of carbonyl (C=O) groups excluding carboxylic acids is 2. The summed E-state index contributed by atoms with van der Waals surface area (Å²) in [4.78, 5) is 24.1. The Balaban J connectivity index is 2.13. The number of ether oxygens (including phenoxy) is 2. The molecular weight excluding hydrogens is 347 g/mol. The summed E-state index contributed by atoms with van der Waals surface area (Å²) >= 11 is 0. The summed E-state index contributed by atoms with van der Waals surface area (Å²) in [5, 5.41) is 0. The first kappa shape index (κ1) is 20.9. The fourth-order valence-corrected chi connectivity index (χ4v) is 3.17. The lowest BCUT2D eigenvalue weighted by Gasteiger charge is -2.36. The molecule has 2 rings (SSSR count). The van der Waals surface area contributed by atoms with Gasteiger partial charge in [-0.05, 0) is 61.9 Å². The highest BCUT2D eigenvalue weighted by Gasteiger charge is 2.42. The number of hydrogen-bond donors (Lipinski definition) is 0. The Morgan fingerprint density at radius 1 is 1.33 bits per heavy atom. The first-order valence-corrected chi connectivity index (χ1v) is 9.38. The normalized spacial score (nSPS) is 20.0. The van der Waals surface area contributed by atoms with Gasteiger partial charge in [-0.2, -0.15) is 0 Å². The van der Waals surface area contributed by atoms with E-state index >= 15 is 0 Å². The molecule has 1 saturated heterocycles. The molecule has 5 heteroatoms. The van der Waals surface area contributed by atoms with E-state index in [2.05, 4.69) is 0 Å². The minimum Gasteiger partial charge on any atom is -0.456 e. The summed E-state index contributed by atoms with van der Waals surface area (Å²) in [6.45, 7) is 7.28. The number of rotatable bonds is 7. The van der Waals surface area contributed by atoms with Crippen LogP contribution in [0.15, 0.2) is 35.6 Å². The Bertz CT molecular complexity index is 773. The van der Waals surface area contributed by atoms with Gasteiger partial charge in [-0.25, -0.2) is 9.18 Å². The molecule has 0 saturated carbocycles. The molecule has 1 aliphatic heterocycles. The van der Waals surface area contributed by atoms with Crippen LogP contribution >= 0.6 is 0 Å². The monoisotopic (exact) mass is 374 g/mol. The molecule has 1 aliphatic rings. The summed E-state index contributed by atoms with van der Waals surface area (Å²) in [6.07, 6.45) is 5.06. The van der Waals surface area contributed by atoms with Crippen molar-refractivity contribution in [1.82, 2.24) is 0 Å². The van der Waals surface area contributed by atoms with Crippen molar-refractivity contribution in [2.24, 2.45) is 5.92 Å². The van der Waals surface area contributed by atoms with Crippen LogP contribution in [0, 0.1) is 18.7 Å². The molecule has 0 spiro atoms. The summed E-state index contributed by atoms with van der Waals surface area (Å²) in [5.41, 5.74) is 2.20. The lowest BCUT2D eigenvalue weighted by molar-refractivity contribution is -0.225. The van der Waals surface area contributed by atoms with Crippen LogP contribution in [-0.2, 0) is 25.5 Å². The van der Waals surface area contributed by atoms with Gasteiger partial charge in [0.1, 0.15) is 23.4 Å². The molecule has 0 aliphatic carbocycles. The van der Waals surface area contributed by atoms with Gasteiger partial charge in [0, 0.05) is 19.4 Å². The number of esters is 1. The van der Waals surface area contributed by atoms with Crippen LogP contribution in [0.5, 0.6) is 0 Å². The molecule has 1 aromatic rings. The highest BCUT2D eigenvalue weighted by molar-refractivity contribution is 5.83. The molecule has 0 aromatic heterocycles. The van der Waals surface area contributed by atoms with Crippen molar-refractivity contribution in [1.29, 1.82) is 0 Å². The molecule has 0 bridgehead atoms. The molecule has 4 nitrogen and oxygen atoms in total. The number of unbranched alkanes of at least 4 members (excludes halogenated alkanes) is 1. The van der Waals surface area contributed by atoms with E-state index in [0.29, 0.717) is 30.6 Å². The summed E-state index contributed by atoms with van der Waals surface area (Å²) < 4.78 is 24.6. The molecule has 1 heterocycles. The molecule has 1 unspecified atom stereocenters. The van der Waals surface area contributed by atoms with E-state index in [1.807, 2.05) is 25.9 Å². The number of carbonyl (C=O) groups is 1. The van der Waals surface area contributed by atoms with Crippen LogP contribution in [0.4, 0.5) is 4.39 Å². The SMILES string of the molecule is CCC/C=C1\OC(C)(C)OC(=O)C1C(=C=O)CCCc1cc(F)ccc1C. The minimum absolute atomic E-state index is 0.280. The molecule has 0 amide bonds. The minimum atomic E-state index is -1.06. The fraction of sp³-hybridized carbons (Fsp3) is 0.500. The lowest BCUT2D eigenvalue weighted by atomic mass is 9.90. The zero-order valence-corrected chi connectivity index (χ0v) is 16.4. The molecule has 146 valence electrons. The molecule has 0 N–H and O–H groups in total. The Morgan fingerprint density at radius 2 is 2.07 bits per heavy atom. The van der Waals surface area contributed by atoms with Crippen molar-refractivity contribution in [3.05, 3.63) is 52.6 Å². The Kier molecular flexibility index (Phi) is 6.98. The van der Waals surface area contributed by atoms with E-state index in [4.69, 9.17) is 9.47 Å². The van der Waals surface area contributed by atoms with Gasteiger partial charge in [0.05, 0.1) is 0 Å². The third kappa shape index (κ3) is 5.54. The van der Waals surface area contributed by atoms with E-state index in [1.54, 1.807) is 19.9 Å². The van der Waals surface area contributed by atoms with Crippen molar-refractivity contribution >= 4 is 11.9 Å². The smallest absolute Gasteiger partial charge is 0.324 e. The molecular formula is C22H27FO4. The third-order valence-corrected chi connectivity index (χ3v) is 4.55. The van der Waals surface area contributed by atoms with E-state index < -0.39 is 17.7 Å². The average Bonchev–Trinajstić information content (AvgIpc) is 2.59. The number of benzene rings is 1. The topological polar surface area (TPSA) is 52.6 Å². The predicted molar refractivity (Wildman–Crippen MR) is 101 cm³/mol. The van der Waals surface area contributed by atoms with E-state index in [1.165, 1.54) is 12.1 Å².